The predicted molar refractivity (Wildman–Crippen MR) is 141 cm³/mol. The third-order valence-electron chi connectivity index (χ3n) is 5.85. The Balaban J connectivity index is 1.17. The van der Waals surface area contributed by atoms with Crippen LogP contribution in [0.4, 0.5) is 11.5 Å². The number of hydrogen-bond acceptors (Lipinski definition) is 8. The minimum Gasteiger partial charge on any atom is -0.467 e. The Bertz CT molecular complexity index is 1320. The summed E-state index contributed by atoms with van der Waals surface area (Å²) in [6.45, 7) is 5.71. The fourth-order valence-corrected chi connectivity index (χ4v) is 5.07. The van der Waals surface area contributed by atoms with Gasteiger partial charge in [0.15, 0.2) is 10.9 Å². The van der Waals surface area contributed by atoms with E-state index in [-0.39, 0.29) is 11.7 Å². The van der Waals surface area contributed by atoms with Crippen molar-refractivity contribution < 1.29 is 13.6 Å². The van der Waals surface area contributed by atoms with E-state index in [9.17, 15) is 4.79 Å². The maximum atomic E-state index is 12.3. The van der Waals surface area contributed by atoms with Gasteiger partial charge in [-0.05, 0) is 43.3 Å². The quantitative estimate of drug-likeness (QED) is 0.250. The summed E-state index contributed by atoms with van der Waals surface area (Å²) in [5.41, 5.74) is 1.98. The molecular weight excluding hydrogens is 498 g/mol. The monoisotopic (exact) mass is 523 g/mol. The van der Waals surface area contributed by atoms with Crippen LogP contribution in [0.1, 0.15) is 27.8 Å². The van der Waals surface area contributed by atoms with Crippen molar-refractivity contribution in [3.8, 4) is 0 Å². The van der Waals surface area contributed by atoms with Crippen LogP contribution in [0.5, 0.6) is 0 Å². The van der Waals surface area contributed by atoms with Crippen molar-refractivity contribution in [2.24, 2.45) is 0 Å². The number of aryl methyl sites for hydroxylation is 1. The van der Waals surface area contributed by atoms with E-state index in [0.29, 0.717) is 29.0 Å². The van der Waals surface area contributed by atoms with Crippen LogP contribution in [0.3, 0.4) is 0 Å². The molecule has 1 aliphatic heterocycles. The molecule has 3 aromatic heterocycles. The van der Waals surface area contributed by atoms with Crippen molar-refractivity contribution >= 4 is 40.8 Å². The smallest absolute Gasteiger partial charge is 0.287 e. The molecule has 0 saturated carbocycles. The lowest BCUT2D eigenvalue weighted by Crippen LogP contribution is -2.47. The Hall–Kier alpha value is -3.43. The van der Waals surface area contributed by atoms with Gasteiger partial charge in [-0.25, -0.2) is 9.97 Å². The first-order valence-electron chi connectivity index (χ1n) is 11.7. The topological polar surface area (TPSA) is 87.6 Å². The largest absolute Gasteiger partial charge is 0.467 e. The van der Waals surface area contributed by atoms with Gasteiger partial charge in [0, 0.05) is 37.9 Å². The number of furan rings is 2. The number of thioether (sulfide) groups is 1. The molecule has 4 aromatic rings. The number of hydrogen-bond donors (Lipinski definition) is 1. The molecule has 1 saturated heterocycles. The van der Waals surface area contributed by atoms with Crippen molar-refractivity contribution in [2.75, 3.05) is 36.0 Å². The number of amides is 1. The van der Waals surface area contributed by atoms with E-state index in [4.69, 9.17) is 25.4 Å². The molecule has 0 aliphatic carbocycles. The van der Waals surface area contributed by atoms with Gasteiger partial charge in [0.25, 0.3) is 5.91 Å². The van der Waals surface area contributed by atoms with Crippen LogP contribution in [-0.2, 0) is 12.3 Å². The summed E-state index contributed by atoms with van der Waals surface area (Å²) in [5, 5.41) is 4.24. The van der Waals surface area contributed by atoms with Gasteiger partial charge in [0.05, 0.1) is 29.3 Å². The fraction of sp³-hybridized carbons (Fsp3) is 0.269. The zero-order valence-corrected chi connectivity index (χ0v) is 21.4. The normalized spacial score (nSPS) is 13.7. The van der Waals surface area contributed by atoms with Crippen LogP contribution in [-0.4, -0.2) is 42.1 Å². The minimum absolute atomic E-state index is 0.263. The Kier molecular flexibility index (Phi) is 7.48. The number of aromatic nitrogens is 2. The molecule has 0 bridgehead atoms. The molecule has 0 unspecified atom stereocenters. The second-order valence-electron chi connectivity index (χ2n) is 8.39. The lowest BCUT2D eigenvalue weighted by Gasteiger charge is -2.37. The molecule has 36 heavy (non-hydrogen) atoms. The number of anilines is 2. The highest BCUT2D eigenvalue weighted by molar-refractivity contribution is 7.98. The zero-order chi connectivity index (χ0) is 24.9. The molecule has 1 N–H and O–H groups in total. The fourth-order valence-electron chi connectivity index (χ4n) is 4.02. The van der Waals surface area contributed by atoms with Crippen LogP contribution in [0.15, 0.2) is 74.9 Å². The molecule has 8 nitrogen and oxygen atoms in total. The highest BCUT2D eigenvalue weighted by Gasteiger charge is 2.21. The van der Waals surface area contributed by atoms with Crippen LogP contribution in [0.25, 0.3) is 0 Å². The number of benzene rings is 1. The first-order valence-corrected chi connectivity index (χ1v) is 13.0. The van der Waals surface area contributed by atoms with Crippen LogP contribution in [0, 0.1) is 6.92 Å². The minimum atomic E-state index is -0.285. The summed E-state index contributed by atoms with van der Waals surface area (Å²) in [6, 6.07) is 17.0. The number of rotatable bonds is 8. The summed E-state index contributed by atoms with van der Waals surface area (Å²) >= 11 is 7.87. The lowest BCUT2D eigenvalue weighted by molar-refractivity contribution is 0.0919. The molecule has 1 aromatic carbocycles. The molecular formula is C26H26ClN5O3S. The van der Waals surface area contributed by atoms with E-state index >= 15 is 0 Å². The van der Waals surface area contributed by atoms with Gasteiger partial charge < -0.3 is 24.0 Å². The van der Waals surface area contributed by atoms with Crippen molar-refractivity contribution in [2.45, 2.75) is 24.4 Å². The molecule has 1 fully saturated rings. The highest BCUT2D eigenvalue weighted by Crippen LogP contribution is 2.28. The molecule has 10 heteroatoms. The van der Waals surface area contributed by atoms with E-state index in [1.165, 1.54) is 11.8 Å². The lowest BCUT2D eigenvalue weighted by atomic mass is 10.2. The number of para-hydroxylation sites is 1. The molecule has 0 atom stereocenters. The van der Waals surface area contributed by atoms with Gasteiger partial charge in [-0.15, -0.1) is 0 Å². The molecule has 0 spiro atoms. The number of piperazine rings is 1. The van der Waals surface area contributed by atoms with Gasteiger partial charge in [0.1, 0.15) is 17.3 Å². The average Bonchev–Trinajstić information content (AvgIpc) is 3.59. The maximum absolute atomic E-state index is 12.3. The average molecular weight is 524 g/mol. The Morgan fingerprint density at radius 3 is 2.61 bits per heavy atom. The molecule has 5 rings (SSSR count). The number of nitrogens with one attached hydrogen (secondary N) is 1. The van der Waals surface area contributed by atoms with Gasteiger partial charge >= 0.3 is 0 Å². The Morgan fingerprint density at radius 1 is 1.03 bits per heavy atom. The number of carbonyl (C=O) groups is 1. The van der Waals surface area contributed by atoms with Crippen molar-refractivity contribution in [3.05, 3.63) is 88.9 Å². The number of nitrogens with zero attached hydrogens (tertiary/aromatic N) is 4. The second kappa shape index (κ2) is 11.1. The first-order chi connectivity index (χ1) is 17.5. The third kappa shape index (κ3) is 5.85. The van der Waals surface area contributed by atoms with Gasteiger partial charge in [0.2, 0.25) is 0 Å². The SMILES string of the molecule is Cc1cc(N2CCN(c3ccccc3Cl)CC2)nc(SCc2ccc(C(=O)NCc3ccco3)o2)n1. The summed E-state index contributed by atoms with van der Waals surface area (Å²) in [4.78, 5) is 26.3. The van der Waals surface area contributed by atoms with E-state index in [0.717, 1.165) is 48.4 Å². The molecule has 4 heterocycles. The van der Waals surface area contributed by atoms with E-state index in [1.807, 2.05) is 31.2 Å². The Labute approximate surface area is 218 Å². The molecule has 186 valence electrons. The van der Waals surface area contributed by atoms with E-state index < -0.39 is 0 Å². The van der Waals surface area contributed by atoms with Crippen LogP contribution < -0.4 is 15.1 Å². The summed E-state index contributed by atoms with van der Waals surface area (Å²) in [6.07, 6.45) is 1.57. The third-order valence-corrected chi connectivity index (χ3v) is 7.04. The number of carbonyl (C=O) groups excluding carboxylic acids is 1. The van der Waals surface area contributed by atoms with Crippen LogP contribution in [0.2, 0.25) is 5.02 Å². The summed E-state index contributed by atoms with van der Waals surface area (Å²) in [5.74, 6) is 2.79. The zero-order valence-electron chi connectivity index (χ0n) is 19.8. The van der Waals surface area contributed by atoms with Gasteiger partial charge in [-0.2, -0.15) is 0 Å². The highest BCUT2D eigenvalue weighted by atomic mass is 35.5. The molecule has 1 amide bonds. The molecule has 1 aliphatic rings. The predicted octanol–water partition coefficient (Wildman–Crippen LogP) is 5.17. The van der Waals surface area contributed by atoms with Crippen molar-refractivity contribution in [3.63, 3.8) is 0 Å². The van der Waals surface area contributed by atoms with E-state index in [2.05, 4.69) is 26.2 Å². The standard InChI is InChI=1S/C26H26ClN5O3S/c1-18-15-24(32-12-10-31(11-13-32)22-7-3-2-6-21(22)27)30-26(29-18)36-17-20-8-9-23(35-20)25(33)28-16-19-5-4-14-34-19/h2-9,14-15H,10-13,16-17H2,1H3,(H,28,33). The number of halogens is 1. The van der Waals surface area contributed by atoms with Gasteiger partial charge in [-0.3, -0.25) is 4.79 Å². The summed E-state index contributed by atoms with van der Waals surface area (Å²) in [7, 11) is 0. The van der Waals surface area contributed by atoms with Crippen molar-refractivity contribution in [1.29, 1.82) is 0 Å². The Morgan fingerprint density at radius 2 is 1.83 bits per heavy atom. The molecule has 0 radical (unpaired) electrons. The van der Waals surface area contributed by atoms with Gasteiger partial charge in [-0.1, -0.05) is 35.5 Å². The van der Waals surface area contributed by atoms with Crippen molar-refractivity contribution in [1.82, 2.24) is 15.3 Å². The maximum Gasteiger partial charge on any atom is 0.287 e. The van der Waals surface area contributed by atoms with E-state index in [1.54, 1.807) is 30.5 Å². The first kappa shape index (κ1) is 24.3. The van der Waals surface area contributed by atoms with Crippen LogP contribution >= 0.6 is 23.4 Å². The second-order valence-corrected chi connectivity index (χ2v) is 9.74. The summed E-state index contributed by atoms with van der Waals surface area (Å²) < 4.78 is 11.0.